The molecular weight excluding hydrogens is 324 g/mol. The lowest BCUT2D eigenvalue weighted by Gasteiger charge is -2.43. The van der Waals surface area contributed by atoms with Gasteiger partial charge < -0.3 is 5.32 Å². The van der Waals surface area contributed by atoms with Crippen LogP contribution in [0.15, 0.2) is 79.0 Å². The van der Waals surface area contributed by atoms with Gasteiger partial charge in [-0.2, -0.15) is 0 Å². The second-order valence-corrected chi connectivity index (χ2v) is 6.43. The van der Waals surface area contributed by atoms with Crippen LogP contribution in [0.2, 0.25) is 0 Å². The molecule has 26 heavy (non-hydrogen) atoms. The highest BCUT2D eigenvalue weighted by Gasteiger charge is 2.52. The minimum Gasteiger partial charge on any atom is -0.339 e. The number of rotatable bonds is 4. The molecular formula is C21H20N4O. The van der Waals surface area contributed by atoms with Crippen LogP contribution in [0.3, 0.4) is 0 Å². The number of anilines is 1. The van der Waals surface area contributed by atoms with Gasteiger partial charge in [-0.1, -0.05) is 54.6 Å². The molecule has 1 atom stereocenters. The van der Waals surface area contributed by atoms with E-state index in [1.54, 1.807) is 11.2 Å². The first-order valence-corrected chi connectivity index (χ1v) is 8.50. The highest BCUT2D eigenvalue weighted by atomic mass is 16.2. The van der Waals surface area contributed by atoms with Crippen molar-refractivity contribution in [2.75, 3.05) is 19.4 Å². The third-order valence-corrected chi connectivity index (χ3v) is 4.62. The van der Waals surface area contributed by atoms with Crippen molar-refractivity contribution in [1.29, 1.82) is 0 Å². The van der Waals surface area contributed by atoms with Crippen molar-refractivity contribution in [2.24, 2.45) is 0 Å². The second kappa shape index (κ2) is 6.28. The summed E-state index contributed by atoms with van der Waals surface area (Å²) in [5.74, 6) is 0.658. The van der Waals surface area contributed by atoms with Crippen molar-refractivity contribution < 1.29 is 4.79 Å². The molecule has 1 aliphatic rings. The second-order valence-electron chi connectivity index (χ2n) is 6.43. The minimum absolute atomic E-state index is 0.0436. The zero-order chi connectivity index (χ0) is 18.1. The topological polar surface area (TPSA) is 48.5 Å². The van der Waals surface area contributed by atoms with E-state index in [1.807, 2.05) is 91.9 Å². The van der Waals surface area contributed by atoms with Crippen molar-refractivity contribution in [3.8, 4) is 0 Å². The third-order valence-electron chi connectivity index (χ3n) is 4.62. The van der Waals surface area contributed by atoms with Gasteiger partial charge in [0.05, 0.1) is 0 Å². The molecule has 0 fully saturated rings. The normalized spacial score (nSPS) is 18.9. The number of amides is 1. The van der Waals surface area contributed by atoms with E-state index in [1.165, 1.54) is 0 Å². The number of aromatic nitrogens is 1. The Morgan fingerprint density at radius 3 is 2.31 bits per heavy atom. The van der Waals surface area contributed by atoms with Crippen molar-refractivity contribution in [2.45, 2.75) is 5.66 Å². The minimum atomic E-state index is -0.868. The lowest BCUT2D eigenvalue weighted by Crippen LogP contribution is -2.56. The molecule has 0 radical (unpaired) electrons. The summed E-state index contributed by atoms with van der Waals surface area (Å²) in [6, 6.07) is 23.4. The van der Waals surface area contributed by atoms with Gasteiger partial charge in [0, 0.05) is 37.0 Å². The molecule has 0 aliphatic carbocycles. The largest absolute Gasteiger partial charge is 0.339 e. The molecule has 3 aromatic rings. The van der Waals surface area contributed by atoms with E-state index in [4.69, 9.17) is 0 Å². The lowest BCUT2D eigenvalue weighted by atomic mass is 9.91. The van der Waals surface area contributed by atoms with Crippen molar-refractivity contribution >= 4 is 11.7 Å². The van der Waals surface area contributed by atoms with E-state index < -0.39 is 5.66 Å². The summed E-state index contributed by atoms with van der Waals surface area (Å²) in [6.45, 7) is 0. The highest BCUT2D eigenvalue weighted by molar-refractivity contribution is 6.01. The molecule has 4 rings (SSSR count). The first kappa shape index (κ1) is 16.3. The molecule has 1 aliphatic heterocycles. The molecule has 130 valence electrons. The van der Waals surface area contributed by atoms with Crippen LogP contribution in [0, 0.1) is 0 Å². The van der Waals surface area contributed by atoms with Gasteiger partial charge in [-0.3, -0.25) is 4.79 Å². The van der Waals surface area contributed by atoms with Crippen LogP contribution < -0.4 is 5.32 Å². The average molecular weight is 344 g/mol. The lowest BCUT2D eigenvalue weighted by molar-refractivity contribution is -0.0169. The summed E-state index contributed by atoms with van der Waals surface area (Å²) >= 11 is 0. The van der Waals surface area contributed by atoms with Gasteiger partial charge in [0.1, 0.15) is 5.82 Å². The van der Waals surface area contributed by atoms with E-state index in [0.717, 1.165) is 11.1 Å². The quantitative estimate of drug-likeness (QED) is 0.789. The third kappa shape index (κ3) is 2.36. The summed E-state index contributed by atoms with van der Waals surface area (Å²) in [5, 5.41) is 7.12. The number of nitrogens with zero attached hydrogens (tertiary/aromatic N) is 3. The number of carbonyl (C=O) groups excluding carboxylic acids is 1. The van der Waals surface area contributed by atoms with Crippen LogP contribution in [0.1, 0.15) is 21.5 Å². The maximum absolute atomic E-state index is 13.2. The molecule has 5 nitrogen and oxygen atoms in total. The molecule has 1 N–H and O–H groups in total. The Morgan fingerprint density at radius 1 is 0.923 bits per heavy atom. The van der Waals surface area contributed by atoms with Gasteiger partial charge in [-0.25, -0.2) is 15.0 Å². The van der Waals surface area contributed by atoms with Crippen LogP contribution in [0.25, 0.3) is 0 Å². The Kier molecular flexibility index (Phi) is 3.93. The van der Waals surface area contributed by atoms with Crippen LogP contribution in [0.4, 0.5) is 5.82 Å². The molecule has 1 aromatic heterocycles. The number of carbonyl (C=O) groups is 1. The first-order chi connectivity index (χ1) is 12.6. The van der Waals surface area contributed by atoms with Gasteiger partial charge >= 0.3 is 0 Å². The number of hydrogen-bond donors (Lipinski definition) is 1. The number of fused-ring (bicyclic) bond motifs is 1. The van der Waals surface area contributed by atoms with Crippen LogP contribution >= 0.6 is 0 Å². The Bertz CT molecular complexity index is 927. The van der Waals surface area contributed by atoms with Gasteiger partial charge in [0.2, 0.25) is 0 Å². The maximum atomic E-state index is 13.2. The zero-order valence-corrected chi connectivity index (χ0v) is 14.8. The van der Waals surface area contributed by atoms with E-state index in [-0.39, 0.29) is 5.91 Å². The fraction of sp³-hybridized carbons (Fsp3) is 0.143. The number of pyridine rings is 1. The molecule has 0 bridgehead atoms. The molecule has 0 saturated carbocycles. The molecule has 0 spiro atoms. The van der Waals surface area contributed by atoms with E-state index in [9.17, 15) is 4.79 Å². The summed E-state index contributed by atoms with van der Waals surface area (Å²) in [6.07, 6.45) is 1.74. The molecule has 2 heterocycles. The first-order valence-electron chi connectivity index (χ1n) is 8.50. The maximum Gasteiger partial charge on any atom is 0.271 e. The predicted molar refractivity (Wildman–Crippen MR) is 101 cm³/mol. The van der Waals surface area contributed by atoms with E-state index in [2.05, 4.69) is 10.3 Å². The van der Waals surface area contributed by atoms with Crippen LogP contribution in [0.5, 0.6) is 0 Å². The van der Waals surface area contributed by atoms with Crippen molar-refractivity contribution in [3.05, 3.63) is 95.7 Å². The van der Waals surface area contributed by atoms with Gasteiger partial charge in [0.15, 0.2) is 5.66 Å². The smallest absolute Gasteiger partial charge is 0.271 e. The molecule has 0 saturated heterocycles. The number of nitrogens with one attached hydrogen (secondary N) is 1. The monoisotopic (exact) mass is 344 g/mol. The Hall–Kier alpha value is -3.18. The van der Waals surface area contributed by atoms with E-state index in [0.29, 0.717) is 11.4 Å². The summed E-state index contributed by atoms with van der Waals surface area (Å²) in [4.78, 5) is 17.7. The molecule has 5 heteroatoms. The predicted octanol–water partition coefficient (Wildman–Crippen LogP) is 3.33. The van der Waals surface area contributed by atoms with Crippen molar-refractivity contribution in [3.63, 3.8) is 0 Å². The molecule has 1 unspecified atom stereocenters. The summed E-state index contributed by atoms with van der Waals surface area (Å²) in [5.41, 5.74) is 1.70. The average Bonchev–Trinajstić information content (AvgIpc) is 2.93. The fourth-order valence-electron chi connectivity index (χ4n) is 3.62. The van der Waals surface area contributed by atoms with E-state index >= 15 is 0 Å². The van der Waals surface area contributed by atoms with Gasteiger partial charge in [-0.05, 0) is 18.2 Å². The highest BCUT2D eigenvalue weighted by Crippen LogP contribution is 2.44. The Morgan fingerprint density at radius 2 is 1.62 bits per heavy atom. The van der Waals surface area contributed by atoms with Gasteiger partial charge in [0.25, 0.3) is 5.91 Å². The number of hydrogen-bond acceptors (Lipinski definition) is 4. The molecule has 2 aromatic carbocycles. The zero-order valence-electron chi connectivity index (χ0n) is 14.8. The number of benzene rings is 2. The summed E-state index contributed by atoms with van der Waals surface area (Å²) < 4.78 is 0. The Balaban J connectivity index is 2.01. The van der Waals surface area contributed by atoms with Crippen molar-refractivity contribution in [1.82, 2.24) is 15.0 Å². The summed E-state index contributed by atoms with van der Waals surface area (Å²) in [7, 11) is 3.75. The fourth-order valence-corrected chi connectivity index (χ4v) is 3.62. The molecule has 1 amide bonds. The van der Waals surface area contributed by atoms with Gasteiger partial charge in [-0.15, -0.1) is 0 Å². The van der Waals surface area contributed by atoms with Crippen LogP contribution in [-0.2, 0) is 5.66 Å². The number of hydrazine groups is 1. The SMILES string of the molecule is CN(C)N1C(=O)c2ccccc2C1(Nc1ccccn1)c1ccccc1. The standard InChI is InChI=1S/C21H20N4O/c1-24(2)25-20(26)17-12-6-7-13-18(17)21(25,16-10-4-3-5-11-16)23-19-14-8-9-15-22-19/h3-15H,1-2H3,(H,22,23). The Labute approximate surface area is 152 Å². The van der Waals surface area contributed by atoms with Crippen LogP contribution in [-0.4, -0.2) is 35.0 Å².